The van der Waals surface area contributed by atoms with E-state index >= 15 is 0 Å². The molecule has 1 atom stereocenters. The molecule has 1 N–H and O–H groups in total. The van der Waals surface area contributed by atoms with Gasteiger partial charge in [-0.15, -0.1) is 0 Å². The lowest BCUT2D eigenvalue weighted by molar-refractivity contribution is 0.0941. The number of carbonyl (C=O) groups is 1. The van der Waals surface area contributed by atoms with Crippen LogP contribution in [0.3, 0.4) is 0 Å². The standard InChI is InChI=1S/C23H22N4O/c1-3-27-15-18(14-24-27)22-13-20(19-11-7-8-12-21(19)26-22)23(28)25-16(2)17-9-5-4-6-10-17/h4-16H,3H2,1-2H3,(H,25,28). The zero-order chi connectivity index (χ0) is 19.5. The largest absolute Gasteiger partial charge is 0.345 e. The third kappa shape index (κ3) is 3.51. The maximum absolute atomic E-state index is 13.1. The van der Waals surface area contributed by atoms with Crippen molar-refractivity contribution in [2.24, 2.45) is 0 Å². The van der Waals surface area contributed by atoms with Gasteiger partial charge in [0.15, 0.2) is 0 Å². The van der Waals surface area contributed by atoms with Crippen LogP contribution in [-0.2, 0) is 6.54 Å². The predicted octanol–water partition coefficient (Wildman–Crippen LogP) is 4.61. The van der Waals surface area contributed by atoms with E-state index in [0.29, 0.717) is 5.56 Å². The Kier molecular flexibility index (Phi) is 4.89. The first-order chi connectivity index (χ1) is 13.7. The van der Waals surface area contributed by atoms with E-state index in [2.05, 4.69) is 10.4 Å². The lowest BCUT2D eigenvalue weighted by atomic mass is 10.0. The van der Waals surface area contributed by atoms with Crippen molar-refractivity contribution in [1.82, 2.24) is 20.1 Å². The Hall–Kier alpha value is -3.47. The van der Waals surface area contributed by atoms with Crippen molar-refractivity contribution in [3.05, 3.63) is 84.2 Å². The van der Waals surface area contributed by atoms with Crippen LogP contribution in [0.2, 0.25) is 0 Å². The smallest absolute Gasteiger partial charge is 0.252 e. The van der Waals surface area contributed by atoms with Crippen LogP contribution in [0.1, 0.15) is 35.8 Å². The van der Waals surface area contributed by atoms with Gasteiger partial charge in [0.05, 0.1) is 29.0 Å². The molecule has 0 radical (unpaired) electrons. The first-order valence-electron chi connectivity index (χ1n) is 9.44. The van der Waals surface area contributed by atoms with Crippen LogP contribution in [0.5, 0.6) is 0 Å². The predicted molar refractivity (Wildman–Crippen MR) is 111 cm³/mol. The summed E-state index contributed by atoms with van der Waals surface area (Å²) in [5.41, 5.74) is 4.13. The number of rotatable bonds is 5. The summed E-state index contributed by atoms with van der Waals surface area (Å²) >= 11 is 0. The molecule has 4 aromatic rings. The zero-order valence-electron chi connectivity index (χ0n) is 16.0. The molecule has 2 aromatic carbocycles. The lowest BCUT2D eigenvalue weighted by Gasteiger charge is -2.16. The SMILES string of the molecule is CCn1cc(-c2cc(C(=O)NC(C)c3ccccc3)c3ccccc3n2)cn1. The number of aryl methyl sites for hydroxylation is 1. The van der Waals surface area contributed by atoms with Crippen LogP contribution >= 0.6 is 0 Å². The molecule has 0 aliphatic carbocycles. The van der Waals surface area contributed by atoms with Crippen LogP contribution in [-0.4, -0.2) is 20.7 Å². The Labute approximate surface area is 164 Å². The average molecular weight is 370 g/mol. The van der Waals surface area contributed by atoms with E-state index < -0.39 is 0 Å². The summed E-state index contributed by atoms with van der Waals surface area (Å²) in [5, 5.41) is 8.28. The van der Waals surface area contributed by atoms with Gasteiger partial charge in [-0.1, -0.05) is 48.5 Å². The lowest BCUT2D eigenvalue weighted by Crippen LogP contribution is -2.27. The van der Waals surface area contributed by atoms with Crippen molar-refractivity contribution < 1.29 is 4.79 Å². The molecule has 2 aromatic heterocycles. The monoisotopic (exact) mass is 370 g/mol. The van der Waals surface area contributed by atoms with Crippen LogP contribution in [0.15, 0.2) is 73.1 Å². The number of pyridine rings is 1. The van der Waals surface area contributed by atoms with Crippen molar-refractivity contribution >= 4 is 16.8 Å². The van der Waals surface area contributed by atoms with E-state index in [9.17, 15) is 4.79 Å². The summed E-state index contributed by atoms with van der Waals surface area (Å²) in [6, 6.07) is 19.4. The second-order valence-electron chi connectivity index (χ2n) is 6.76. The minimum Gasteiger partial charge on any atom is -0.345 e. The molecule has 4 rings (SSSR count). The van der Waals surface area contributed by atoms with E-state index in [4.69, 9.17) is 4.98 Å². The molecule has 0 aliphatic heterocycles. The average Bonchev–Trinajstić information content (AvgIpc) is 3.23. The van der Waals surface area contributed by atoms with Crippen molar-refractivity contribution in [3.63, 3.8) is 0 Å². The summed E-state index contributed by atoms with van der Waals surface area (Å²) in [5.74, 6) is -0.112. The highest BCUT2D eigenvalue weighted by atomic mass is 16.1. The molecule has 1 unspecified atom stereocenters. The molecule has 28 heavy (non-hydrogen) atoms. The van der Waals surface area contributed by atoms with E-state index in [1.54, 1.807) is 6.20 Å². The van der Waals surface area contributed by atoms with Gasteiger partial charge in [-0.25, -0.2) is 4.98 Å². The Morgan fingerprint density at radius 1 is 1.11 bits per heavy atom. The van der Waals surface area contributed by atoms with E-state index in [1.165, 1.54) is 0 Å². The summed E-state index contributed by atoms with van der Waals surface area (Å²) in [6.07, 6.45) is 3.74. The maximum atomic E-state index is 13.1. The van der Waals surface area contributed by atoms with Gasteiger partial charge >= 0.3 is 0 Å². The fourth-order valence-corrected chi connectivity index (χ4v) is 3.28. The normalized spacial score (nSPS) is 12.1. The maximum Gasteiger partial charge on any atom is 0.252 e. The van der Waals surface area contributed by atoms with Gasteiger partial charge in [-0.3, -0.25) is 9.48 Å². The highest BCUT2D eigenvalue weighted by Gasteiger charge is 2.17. The van der Waals surface area contributed by atoms with Gasteiger partial charge in [0.1, 0.15) is 0 Å². The number of hydrogen-bond donors (Lipinski definition) is 1. The molecule has 2 heterocycles. The Bertz CT molecular complexity index is 1120. The second kappa shape index (κ2) is 7.64. The zero-order valence-corrected chi connectivity index (χ0v) is 16.0. The molecule has 140 valence electrons. The third-order valence-corrected chi connectivity index (χ3v) is 4.86. The molecule has 0 saturated carbocycles. The van der Waals surface area contributed by atoms with Crippen molar-refractivity contribution in [2.75, 3.05) is 0 Å². The van der Waals surface area contributed by atoms with Gasteiger partial charge < -0.3 is 5.32 Å². The van der Waals surface area contributed by atoms with Gasteiger partial charge in [0.25, 0.3) is 5.91 Å². The third-order valence-electron chi connectivity index (χ3n) is 4.86. The number of fused-ring (bicyclic) bond motifs is 1. The number of hydrogen-bond acceptors (Lipinski definition) is 3. The quantitative estimate of drug-likeness (QED) is 0.558. The Balaban J connectivity index is 1.73. The molecule has 0 aliphatic rings. The van der Waals surface area contributed by atoms with Crippen LogP contribution in [0, 0.1) is 0 Å². The molecule has 5 heteroatoms. The molecule has 0 saturated heterocycles. The number of amides is 1. The van der Waals surface area contributed by atoms with Crippen molar-refractivity contribution in [1.29, 1.82) is 0 Å². The number of para-hydroxylation sites is 1. The topological polar surface area (TPSA) is 59.8 Å². The van der Waals surface area contributed by atoms with Gasteiger partial charge in [0.2, 0.25) is 0 Å². The Morgan fingerprint density at radius 2 is 1.86 bits per heavy atom. The fraction of sp³-hybridized carbons (Fsp3) is 0.174. The van der Waals surface area contributed by atoms with Gasteiger partial charge in [-0.05, 0) is 31.5 Å². The number of aromatic nitrogens is 3. The van der Waals surface area contributed by atoms with Crippen LogP contribution in [0.4, 0.5) is 0 Å². The van der Waals surface area contributed by atoms with Crippen molar-refractivity contribution in [2.45, 2.75) is 26.4 Å². The number of nitrogens with one attached hydrogen (secondary N) is 1. The number of nitrogens with zero attached hydrogens (tertiary/aromatic N) is 3. The molecule has 0 bridgehead atoms. The summed E-state index contributed by atoms with van der Waals surface area (Å²) in [6.45, 7) is 4.81. The fourth-order valence-electron chi connectivity index (χ4n) is 3.28. The highest BCUT2D eigenvalue weighted by molar-refractivity contribution is 6.07. The second-order valence-corrected chi connectivity index (χ2v) is 6.76. The number of carbonyl (C=O) groups excluding carboxylic acids is 1. The van der Waals surface area contributed by atoms with E-state index in [1.807, 2.05) is 85.4 Å². The molecule has 1 amide bonds. The molecular formula is C23H22N4O. The number of benzene rings is 2. The van der Waals surface area contributed by atoms with Gasteiger partial charge in [0, 0.05) is 23.7 Å². The summed E-state index contributed by atoms with van der Waals surface area (Å²) in [7, 11) is 0. The summed E-state index contributed by atoms with van der Waals surface area (Å²) in [4.78, 5) is 17.9. The summed E-state index contributed by atoms with van der Waals surface area (Å²) < 4.78 is 1.85. The van der Waals surface area contributed by atoms with Crippen molar-refractivity contribution in [3.8, 4) is 11.3 Å². The first kappa shape index (κ1) is 17.9. The van der Waals surface area contributed by atoms with Crippen LogP contribution < -0.4 is 5.32 Å². The van der Waals surface area contributed by atoms with Gasteiger partial charge in [-0.2, -0.15) is 5.10 Å². The molecule has 5 nitrogen and oxygen atoms in total. The molecule has 0 spiro atoms. The van der Waals surface area contributed by atoms with Crippen LogP contribution in [0.25, 0.3) is 22.2 Å². The van der Waals surface area contributed by atoms with E-state index in [0.717, 1.165) is 34.3 Å². The highest BCUT2D eigenvalue weighted by Crippen LogP contribution is 2.25. The minimum atomic E-state index is -0.112. The minimum absolute atomic E-state index is 0.0908. The van der Waals surface area contributed by atoms with E-state index in [-0.39, 0.29) is 11.9 Å². The molecular weight excluding hydrogens is 348 g/mol. The first-order valence-corrected chi connectivity index (χ1v) is 9.44. The Morgan fingerprint density at radius 3 is 2.61 bits per heavy atom. The molecule has 0 fully saturated rings.